The summed E-state index contributed by atoms with van der Waals surface area (Å²) in [7, 11) is 0. The lowest BCUT2D eigenvalue weighted by Gasteiger charge is -2.41. The lowest BCUT2D eigenvalue weighted by atomic mass is 9.76. The molecule has 3 atom stereocenters. The van der Waals surface area contributed by atoms with E-state index in [2.05, 4.69) is 12.2 Å². The van der Waals surface area contributed by atoms with E-state index >= 15 is 0 Å². The van der Waals surface area contributed by atoms with Crippen molar-refractivity contribution in [1.82, 2.24) is 0 Å². The average molecular weight is 222 g/mol. The lowest BCUT2D eigenvalue weighted by Crippen LogP contribution is -2.55. The molecule has 0 N–H and O–H groups in total. The van der Waals surface area contributed by atoms with E-state index in [1.54, 1.807) is 6.92 Å². The summed E-state index contributed by atoms with van der Waals surface area (Å²) in [5.74, 6) is -0.0705. The number of cyclic esters (lactones) is 1. The molecule has 86 valence electrons. The monoisotopic (exact) mass is 222 g/mol. The largest absolute Gasteiger partial charge is 0.448 e. The molecule has 0 radical (unpaired) electrons. The molecule has 16 heavy (non-hydrogen) atoms. The van der Waals surface area contributed by atoms with Crippen LogP contribution in [0.15, 0.2) is 12.2 Å². The van der Waals surface area contributed by atoms with Gasteiger partial charge in [-0.1, -0.05) is 12.2 Å². The van der Waals surface area contributed by atoms with Gasteiger partial charge in [0, 0.05) is 12.8 Å². The van der Waals surface area contributed by atoms with Crippen molar-refractivity contribution in [2.75, 3.05) is 0 Å². The van der Waals surface area contributed by atoms with Crippen molar-refractivity contribution < 1.29 is 19.1 Å². The first kappa shape index (κ1) is 9.87. The van der Waals surface area contributed by atoms with Gasteiger partial charge in [0.2, 0.25) is 5.60 Å². The minimum Gasteiger partial charge on any atom is -0.448 e. The summed E-state index contributed by atoms with van der Waals surface area (Å²) >= 11 is 0. The first-order valence-corrected chi connectivity index (χ1v) is 5.71. The van der Waals surface area contributed by atoms with Gasteiger partial charge in [-0.2, -0.15) is 0 Å². The van der Waals surface area contributed by atoms with E-state index in [1.807, 2.05) is 0 Å². The van der Waals surface area contributed by atoms with Gasteiger partial charge >= 0.3 is 11.9 Å². The summed E-state index contributed by atoms with van der Waals surface area (Å²) in [6.07, 6.45) is 5.72. The SMILES string of the molecule is CC1OC(=O)C2(CC3C=CC(C3)C2)OC1=O. The number of hydrogen-bond donors (Lipinski definition) is 0. The maximum absolute atomic E-state index is 11.9. The second-order valence-electron chi connectivity index (χ2n) is 5.01. The predicted octanol–water partition coefficient (Wildman–Crippen LogP) is 1.20. The third-order valence-corrected chi connectivity index (χ3v) is 3.73. The van der Waals surface area contributed by atoms with Crippen LogP contribution in [0.1, 0.15) is 26.2 Å². The van der Waals surface area contributed by atoms with Gasteiger partial charge in [-0.3, -0.25) is 0 Å². The van der Waals surface area contributed by atoms with Crippen LogP contribution in [0.5, 0.6) is 0 Å². The van der Waals surface area contributed by atoms with Crippen molar-refractivity contribution in [3.8, 4) is 0 Å². The van der Waals surface area contributed by atoms with E-state index in [9.17, 15) is 9.59 Å². The van der Waals surface area contributed by atoms with Crippen molar-refractivity contribution in [1.29, 1.82) is 0 Å². The van der Waals surface area contributed by atoms with E-state index in [0.29, 0.717) is 24.7 Å². The zero-order chi connectivity index (χ0) is 11.3. The van der Waals surface area contributed by atoms with Crippen LogP contribution >= 0.6 is 0 Å². The standard InChI is InChI=1S/C12H14O4/c1-7-10(13)16-12(11(14)15-7)5-8-2-3-9(4-8)6-12/h2-3,7-9H,4-6H2,1H3. The normalized spacial score (nSPS) is 45.7. The van der Waals surface area contributed by atoms with Gasteiger partial charge in [-0.15, -0.1) is 0 Å². The maximum atomic E-state index is 11.9. The number of rotatable bonds is 0. The quantitative estimate of drug-likeness (QED) is 0.456. The zero-order valence-electron chi connectivity index (χ0n) is 9.14. The highest BCUT2D eigenvalue weighted by atomic mass is 16.7. The summed E-state index contributed by atoms with van der Waals surface area (Å²) in [4.78, 5) is 23.4. The Morgan fingerprint density at radius 2 is 1.88 bits per heavy atom. The number of fused-ring (bicyclic) bond motifs is 2. The number of allylic oxidation sites excluding steroid dienone is 2. The van der Waals surface area contributed by atoms with Gasteiger partial charge in [0.15, 0.2) is 6.10 Å². The van der Waals surface area contributed by atoms with E-state index in [-0.39, 0.29) is 5.97 Å². The number of carbonyl (C=O) groups is 2. The fourth-order valence-electron chi connectivity index (χ4n) is 2.98. The highest BCUT2D eigenvalue weighted by Crippen LogP contribution is 2.46. The van der Waals surface area contributed by atoms with Gasteiger partial charge in [0.1, 0.15) is 0 Å². The molecule has 0 aromatic carbocycles. The van der Waals surface area contributed by atoms with Crippen LogP contribution < -0.4 is 0 Å². The molecular weight excluding hydrogens is 208 g/mol. The van der Waals surface area contributed by atoms with Gasteiger partial charge in [0.05, 0.1) is 0 Å². The lowest BCUT2D eigenvalue weighted by molar-refractivity contribution is -0.215. The molecule has 1 aliphatic heterocycles. The molecule has 0 aromatic rings. The molecule has 2 aliphatic carbocycles. The van der Waals surface area contributed by atoms with Gasteiger partial charge in [0.25, 0.3) is 0 Å². The molecule has 3 unspecified atom stereocenters. The van der Waals surface area contributed by atoms with Crippen LogP contribution in [0, 0.1) is 11.8 Å². The average Bonchev–Trinajstić information content (AvgIpc) is 2.56. The van der Waals surface area contributed by atoms with Gasteiger partial charge < -0.3 is 9.47 Å². The van der Waals surface area contributed by atoms with Crippen molar-refractivity contribution in [3.05, 3.63) is 12.2 Å². The Morgan fingerprint density at radius 1 is 1.25 bits per heavy atom. The molecule has 1 spiro atoms. The Labute approximate surface area is 93.6 Å². The van der Waals surface area contributed by atoms with Crippen LogP contribution in [0.25, 0.3) is 0 Å². The summed E-state index contributed by atoms with van der Waals surface area (Å²) in [5.41, 5.74) is -0.999. The molecule has 1 heterocycles. The summed E-state index contributed by atoms with van der Waals surface area (Å²) in [6, 6.07) is 0. The van der Waals surface area contributed by atoms with E-state index < -0.39 is 17.7 Å². The first-order valence-electron chi connectivity index (χ1n) is 5.71. The number of esters is 2. The molecular formula is C12H14O4. The first-order chi connectivity index (χ1) is 7.59. The molecule has 4 heteroatoms. The second-order valence-corrected chi connectivity index (χ2v) is 5.01. The minimum absolute atomic E-state index is 0.354. The fourth-order valence-corrected chi connectivity index (χ4v) is 2.98. The Kier molecular flexibility index (Phi) is 1.91. The Hall–Kier alpha value is -1.32. The van der Waals surface area contributed by atoms with E-state index in [4.69, 9.17) is 9.47 Å². The Morgan fingerprint density at radius 3 is 2.50 bits per heavy atom. The van der Waals surface area contributed by atoms with Crippen molar-refractivity contribution in [2.45, 2.75) is 37.9 Å². The number of carbonyl (C=O) groups excluding carboxylic acids is 2. The molecule has 1 saturated heterocycles. The predicted molar refractivity (Wildman–Crippen MR) is 54.3 cm³/mol. The summed E-state index contributed by atoms with van der Waals surface area (Å²) in [5, 5.41) is 0. The van der Waals surface area contributed by atoms with E-state index in [1.165, 1.54) is 0 Å². The molecule has 0 amide bonds. The van der Waals surface area contributed by atoms with Crippen LogP contribution in [-0.2, 0) is 19.1 Å². The van der Waals surface area contributed by atoms with Crippen molar-refractivity contribution in [3.63, 3.8) is 0 Å². The van der Waals surface area contributed by atoms with Crippen molar-refractivity contribution >= 4 is 11.9 Å². The topological polar surface area (TPSA) is 52.6 Å². The van der Waals surface area contributed by atoms with Crippen LogP contribution in [0.2, 0.25) is 0 Å². The number of ether oxygens (including phenoxy) is 2. The highest BCUT2D eigenvalue weighted by Gasteiger charge is 2.54. The molecule has 3 aliphatic rings. The van der Waals surface area contributed by atoms with Crippen LogP contribution in [0.3, 0.4) is 0 Å². The summed E-state index contributed by atoms with van der Waals surface area (Å²) < 4.78 is 10.4. The molecule has 1 saturated carbocycles. The third kappa shape index (κ3) is 1.29. The van der Waals surface area contributed by atoms with Gasteiger partial charge in [-0.05, 0) is 25.2 Å². The highest BCUT2D eigenvalue weighted by molar-refractivity contribution is 5.90. The smallest absolute Gasteiger partial charge is 0.351 e. The molecule has 3 rings (SSSR count). The second kappa shape index (κ2) is 3.09. The Bertz CT molecular complexity index is 370. The third-order valence-electron chi connectivity index (χ3n) is 3.73. The fraction of sp³-hybridized carbons (Fsp3) is 0.667. The van der Waals surface area contributed by atoms with Crippen LogP contribution in [0.4, 0.5) is 0 Å². The Balaban J connectivity index is 1.88. The number of hydrogen-bond acceptors (Lipinski definition) is 4. The molecule has 4 nitrogen and oxygen atoms in total. The maximum Gasteiger partial charge on any atom is 0.351 e. The summed E-state index contributed by atoms with van der Waals surface area (Å²) in [6.45, 7) is 1.54. The zero-order valence-corrected chi connectivity index (χ0v) is 9.14. The molecule has 2 fully saturated rings. The molecule has 0 aromatic heterocycles. The van der Waals surface area contributed by atoms with E-state index in [0.717, 1.165) is 6.42 Å². The molecule has 2 bridgehead atoms. The van der Waals surface area contributed by atoms with Crippen molar-refractivity contribution in [2.24, 2.45) is 11.8 Å². The van der Waals surface area contributed by atoms with Gasteiger partial charge in [-0.25, -0.2) is 9.59 Å². The minimum atomic E-state index is -0.999. The van der Waals surface area contributed by atoms with Crippen LogP contribution in [-0.4, -0.2) is 23.6 Å².